The van der Waals surface area contributed by atoms with Gasteiger partial charge in [0, 0.05) is 0 Å². The van der Waals surface area contributed by atoms with Crippen LogP contribution in [0.25, 0.3) is 0 Å². The first kappa shape index (κ1) is 26.1. The Morgan fingerprint density at radius 2 is 1.69 bits per heavy atom. The number of amides is 1. The number of hydrogen-bond donors (Lipinski definition) is 1. The Hall–Kier alpha value is -3.52. The average molecular weight is 497 g/mol. The van der Waals surface area contributed by atoms with Crippen molar-refractivity contribution in [1.29, 1.82) is 0 Å². The van der Waals surface area contributed by atoms with E-state index < -0.39 is 15.9 Å². The second-order valence-electron chi connectivity index (χ2n) is 8.01. The molecular weight excluding hydrogens is 464 g/mol. The molecule has 3 aromatic carbocycles. The summed E-state index contributed by atoms with van der Waals surface area (Å²) in [5.41, 5.74) is 2.30. The van der Waals surface area contributed by atoms with Gasteiger partial charge in [0.2, 0.25) is 5.91 Å². The fourth-order valence-electron chi connectivity index (χ4n) is 3.82. The molecule has 0 radical (unpaired) electrons. The molecular formula is C27H32N2O5S. The minimum absolute atomic E-state index is 0.0791. The molecule has 7 nitrogen and oxygen atoms in total. The van der Waals surface area contributed by atoms with E-state index in [0.717, 1.165) is 21.2 Å². The molecule has 0 saturated heterocycles. The number of hydrogen-bond acceptors (Lipinski definition) is 5. The Morgan fingerprint density at radius 1 is 1.00 bits per heavy atom. The van der Waals surface area contributed by atoms with Gasteiger partial charge in [0.25, 0.3) is 10.0 Å². The van der Waals surface area contributed by atoms with Crippen LogP contribution >= 0.6 is 0 Å². The Kier molecular flexibility index (Phi) is 8.76. The normalized spacial score (nSPS) is 12.0. The summed E-state index contributed by atoms with van der Waals surface area (Å²) in [6.45, 7) is 5.89. The van der Waals surface area contributed by atoms with Crippen molar-refractivity contribution < 1.29 is 22.7 Å². The quantitative estimate of drug-likeness (QED) is 0.410. The number of aryl methyl sites for hydroxylation is 1. The summed E-state index contributed by atoms with van der Waals surface area (Å²) in [6, 6.07) is 20.3. The predicted molar refractivity (Wildman–Crippen MR) is 137 cm³/mol. The number of nitrogens with zero attached hydrogens (tertiary/aromatic N) is 1. The van der Waals surface area contributed by atoms with Crippen LogP contribution in [0.15, 0.2) is 77.7 Å². The monoisotopic (exact) mass is 496 g/mol. The minimum atomic E-state index is -4.00. The van der Waals surface area contributed by atoms with Crippen LogP contribution in [0.1, 0.15) is 37.4 Å². The molecule has 3 rings (SSSR count). The molecule has 0 aromatic heterocycles. The van der Waals surface area contributed by atoms with E-state index in [9.17, 15) is 13.2 Å². The largest absolute Gasteiger partial charge is 0.496 e. The van der Waals surface area contributed by atoms with Gasteiger partial charge in [-0.15, -0.1) is 0 Å². The molecule has 0 bridgehead atoms. The lowest BCUT2D eigenvalue weighted by molar-refractivity contribution is -0.120. The molecule has 8 heteroatoms. The number of carbonyl (C=O) groups excluding carboxylic acids is 1. The van der Waals surface area contributed by atoms with E-state index in [2.05, 4.69) is 5.32 Å². The molecule has 0 heterocycles. The maximum absolute atomic E-state index is 13.6. The molecule has 1 amide bonds. The summed E-state index contributed by atoms with van der Waals surface area (Å²) in [5, 5.41) is 2.99. The van der Waals surface area contributed by atoms with Crippen molar-refractivity contribution in [3.8, 4) is 11.5 Å². The number of para-hydroxylation sites is 1. The summed E-state index contributed by atoms with van der Waals surface area (Å²) in [5.74, 6) is 0.950. The van der Waals surface area contributed by atoms with Crippen LogP contribution in [0, 0.1) is 6.92 Å². The van der Waals surface area contributed by atoms with E-state index >= 15 is 0 Å². The Bertz CT molecular complexity index is 1230. The highest BCUT2D eigenvalue weighted by atomic mass is 32.2. The number of carbonyl (C=O) groups is 1. The lowest BCUT2D eigenvalue weighted by Crippen LogP contribution is -2.42. The maximum atomic E-state index is 13.6. The van der Waals surface area contributed by atoms with E-state index in [-0.39, 0.29) is 17.5 Å². The van der Waals surface area contributed by atoms with Gasteiger partial charge in [0.1, 0.15) is 18.0 Å². The fourth-order valence-corrected chi connectivity index (χ4v) is 5.24. The molecule has 0 saturated carbocycles. The van der Waals surface area contributed by atoms with E-state index in [4.69, 9.17) is 9.47 Å². The molecule has 0 fully saturated rings. The first-order valence-corrected chi connectivity index (χ1v) is 13.0. The second kappa shape index (κ2) is 11.8. The van der Waals surface area contributed by atoms with E-state index in [1.807, 2.05) is 39.0 Å². The Labute approximate surface area is 207 Å². The molecule has 0 spiro atoms. The highest BCUT2D eigenvalue weighted by Gasteiger charge is 2.28. The lowest BCUT2D eigenvalue weighted by atomic mass is 10.0. The molecule has 186 valence electrons. The van der Waals surface area contributed by atoms with Crippen molar-refractivity contribution in [2.75, 3.05) is 24.6 Å². The standard InChI is InChI=1S/C27H32N2O5S/c1-5-25(21-12-17-26(33-4)20(3)18-21)28-27(30)19-29(22-10-8-7-9-11-22)35(31,32)24-15-13-23(14-16-24)34-6-2/h7-18,25H,5-6,19H2,1-4H3,(H,28,30)/t25-/m1/s1. The van der Waals surface area contributed by atoms with Crippen LogP contribution in [0.4, 0.5) is 5.69 Å². The summed E-state index contributed by atoms with van der Waals surface area (Å²) in [7, 11) is -2.39. The van der Waals surface area contributed by atoms with Gasteiger partial charge in [-0.05, 0) is 73.9 Å². The van der Waals surface area contributed by atoms with Gasteiger partial charge in [-0.2, -0.15) is 0 Å². The Balaban J connectivity index is 1.86. The van der Waals surface area contributed by atoms with E-state index in [1.165, 1.54) is 12.1 Å². The van der Waals surface area contributed by atoms with Crippen molar-refractivity contribution in [3.05, 3.63) is 83.9 Å². The maximum Gasteiger partial charge on any atom is 0.264 e. The predicted octanol–water partition coefficient (Wildman–Crippen LogP) is 4.87. The molecule has 1 atom stereocenters. The zero-order valence-corrected chi connectivity index (χ0v) is 21.3. The topological polar surface area (TPSA) is 84.9 Å². The highest BCUT2D eigenvalue weighted by Crippen LogP contribution is 2.27. The number of ether oxygens (including phenoxy) is 2. The second-order valence-corrected chi connectivity index (χ2v) is 9.87. The SMILES string of the molecule is CCOc1ccc(S(=O)(=O)N(CC(=O)N[C@H](CC)c2ccc(OC)c(C)c2)c2ccccc2)cc1. The minimum Gasteiger partial charge on any atom is -0.496 e. The third-order valence-corrected chi connectivity index (χ3v) is 7.41. The van der Waals surface area contributed by atoms with Gasteiger partial charge in [0.05, 0.1) is 30.3 Å². The molecule has 0 unspecified atom stereocenters. The van der Waals surface area contributed by atoms with Gasteiger partial charge >= 0.3 is 0 Å². The Morgan fingerprint density at radius 3 is 2.26 bits per heavy atom. The van der Waals surface area contributed by atoms with Gasteiger partial charge < -0.3 is 14.8 Å². The molecule has 0 aliphatic heterocycles. The first-order chi connectivity index (χ1) is 16.8. The average Bonchev–Trinajstić information content (AvgIpc) is 2.86. The number of rotatable bonds is 11. The molecule has 1 N–H and O–H groups in total. The third kappa shape index (κ3) is 6.33. The number of anilines is 1. The molecule has 3 aromatic rings. The third-order valence-electron chi connectivity index (χ3n) is 5.62. The zero-order valence-electron chi connectivity index (χ0n) is 20.5. The van der Waals surface area contributed by atoms with E-state index in [1.54, 1.807) is 49.6 Å². The zero-order chi connectivity index (χ0) is 25.4. The number of nitrogens with one attached hydrogen (secondary N) is 1. The van der Waals surface area contributed by atoms with Crippen molar-refractivity contribution in [1.82, 2.24) is 5.32 Å². The van der Waals surface area contributed by atoms with Crippen molar-refractivity contribution in [3.63, 3.8) is 0 Å². The summed E-state index contributed by atoms with van der Waals surface area (Å²) >= 11 is 0. The fraction of sp³-hybridized carbons (Fsp3) is 0.296. The van der Waals surface area contributed by atoms with Gasteiger partial charge in [-0.1, -0.05) is 37.3 Å². The highest BCUT2D eigenvalue weighted by molar-refractivity contribution is 7.92. The van der Waals surface area contributed by atoms with Crippen LogP contribution in [0.2, 0.25) is 0 Å². The molecule has 0 aliphatic rings. The number of methoxy groups -OCH3 is 1. The lowest BCUT2D eigenvalue weighted by Gasteiger charge is -2.26. The van der Waals surface area contributed by atoms with Crippen LogP contribution < -0.4 is 19.1 Å². The van der Waals surface area contributed by atoms with Crippen molar-refractivity contribution >= 4 is 21.6 Å². The van der Waals surface area contributed by atoms with E-state index in [0.29, 0.717) is 24.5 Å². The number of sulfonamides is 1. The van der Waals surface area contributed by atoms with Gasteiger partial charge in [-0.3, -0.25) is 9.10 Å². The smallest absolute Gasteiger partial charge is 0.264 e. The molecule has 0 aliphatic carbocycles. The summed E-state index contributed by atoms with van der Waals surface area (Å²) in [4.78, 5) is 13.2. The van der Waals surface area contributed by atoms with Crippen LogP contribution in [-0.4, -0.2) is 34.6 Å². The van der Waals surface area contributed by atoms with Crippen LogP contribution in [-0.2, 0) is 14.8 Å². The van der Waals surface area contributed by atoms with Crippen LogP contribution in [0.3, 0.4) is 0 Å². The van der Waals surface area contributed by atoms with Gasteiger partial charge in [0.15, 0.2) is 0 Å². The first-order valence-electron chi connectivity index (χ1n) is 11.5. The van der Waals surface area contributed by atoms with Crippen molar-refractivity contribution in [2.24, 2.45) is 0 Å². The number of benzene rings is 3. The van der Waals surface area contributed by atoms with Crippen LogP contribution in [0.5, 0.6) is 11.5 Å². The molecule has 35 heavy (non-hydrogen) atoms. The summed E-state index contributed by atoms with van der Waals surface area (Å²) < 4.78 is 39.0. The van der Waals surface area contributed by atoms with Gasteiger partial charge in [-0.25, -0.2) is 8.42 Å². The van der Waals surface area contributed by atoms with Crippen molar-refractivity contribution in [2.45, 2.75) is 38.1 Å². The summed E-state index contributed by atoms with van der Waals surface area (Å²) in [6.07, 6.45) is 0.647.